The molecule has 0 bridgehead atoms. The lowest BCUT2D eigenvalue weighted by Crippen LogP contribution is -2.51. The first kappa shape index (κ1) is 18.9. The minimum absolute atomic E-state index is 0. The van der Waals surface area contributed by atoms with Crippen LogP contribution < -0.4 is 10.6 Å². The van der Waals surface area contributed by atoms with Crippen molar-refractivity contribution in [2.75, 3.05) is 13.1 Å². The van der Waals surface area contributed by atoms with Crippen LogP contribution in [-0.4, -0.2) is 19.0 Å². The molecule has 2 aliphatic rings. The number of carbonyl (C=O) groups excluding carboxylic acids is 1. The molecule has 1 saturated heterocycles. The van der Waals surface area contributed by atoms with Crippen molar-refractivity contribution in [2.24, 2.45) is 0 Å². The minimum atomic E-state index is -0.497. The lowest BCUT2D eigenvalue weighted by atomic mass is 9.72. The number of hydrogen-bond acceptors (Lipinski definition) is 2. The fraction of sp³-hybridized carbons (Fsp3) is 0.381. The molecular weight excluding hydrogens is 351 g/mol. The maximum absolute atomic E-state index is 14.0. The topological polar surface area (TPSA) is 41.1 Å². The molecule has 0 radical (unpaired) electrons. The molecule has 1 aliphatic heterocycles. The maximum atomic E-state index is 14.0. The molecule has 0 spiro atoms. The van der Waals surface area contributed by atoms with Crippen LogP contribution in [0.5, 0.6) is 0 Å². The van der Waals surface area contributed by atoms with E-state index in [2.05, 4.69) is 10.6 Å². The molecule has 1 heterocycles. The highest BCUT2D eigenvalue weighted by atomic mass is 35.5. The number of nitrogens with one attached hydrogen (secondary N) is 2. The summed E-state index contributed by atoms with van der Waals surface area (Å²) in [5.74, 6) is -0.0869. The number of carbonyl (C=O) groups is 1. The van der Waals surface area contributed by atoms with Gasteiger partial charge >= 0.3 is 0 Å². The van der Waals surface area contributed by atoms with Gasteiger partial charge in [0.15, 0.2) is 0 Å². The Morgan fingerprint density at radius 2 is 1.81 bits per heavy atom. The van der Waals surface area contributed by atoms with E-state index in [0.717, 1.165) is 49.0 Å². The summed E-state index contributed by atoms with van der Waals surface area (Å²) in [5, 5.41) is 6.59. The Hall–Kier alpha value is -1.91. The summed E-state index contributed by atoms with van der Waals surface area (Å²) in [5.41, 5.74) is 2.27. The second-order valence-corrected chi connectivity index (χ2v) is 7.07. The summed E-state index contributed by atoms with van der Waals surface area (Å²) < 4.78 is 14.0. The number of fused-ring (bicyclic) bond motifs is 1. The third-order valence-corrected chi connectivity index (χ3v) is 5.74. The summed E-state index contributed by atoms with van der Waals surface area (Å²) in [6, 6.07) is 15.1. The monoisotopic (exact) mass is 374 g/mol. The average molecular weight is 375 g/mol. The molecule has 2 aromatic rings. The molecule has 1 atom stereocenters. The summed E-state index contributed by atoms with van der Waals surface area (Å²) in [7, 11) is 0. The van der Waals surface area contributed by atoms with Gasteiger partial charge in [-0.2, -0.15) is 0 Å². The van der Waals surface area contributed by atoms with Crippen molar-refractivity contribution in [2.45, 2.75) is 37.1 Å². The first-order chi connectivity index (χ1) is 12.2. The van der Waals surface area contributed by atoms with E-state index < -0.39 is 5.41 Å². The number of amides is 1. The molecule has 2 aromatic carbocycles. The van der Waals surface area contributed by atoms with Crippen molar-refractivity contribution in [1.29, 1.82) is 0 Å². The van der Waals surface area contributed by atoms with Gasteiger partial charge in [0, 0.05) is 0 Å². The van der Waals surface area contributed by atoms with Crippen molar-refractivity contribution in [3.8, 4) is 0 Å². The molecule has 1 amide bonds. The zero-order valence-electron chi connectivity index (χ0n) is 14.6. The van der Waals surface area contributed by atoms with Crippen LogP contribution in [0.2, 0.25) is 0 Å². The van der Waals surface area contributed by atoms with Gasteiger partial charge in [-0.3, -0.25) is 4.79 Å². The van der Waals surface area contributed by atoms with E-state index in [1.165, 1.54) is 6.07 Å². The van der Waals surface area contributed by atoms with Gasteiger partial charge in [-0.1, -0.05) is 42.5 Å². The fourth-order valence-electron chi connectivity index (χ4n) is 4.31. The van der Waals surface area contributed by atoms with Gasteiger partial charge in [0.2, 0.25) is 5.91 Å². The summed E-state index contributed by atoms with van der Waals surface area (Å²) in [6.45, 7) is 1.66. The van der Waals surface area contributed by atoms with E-state index in [9.17, 15) is 9.18 Å². The smallest absolute Gasteiger partial charge is 0.231 e. The van der Waals surface area contributed by atoms with E-state index in [0.29, 0.717) is 6.42 Å². The van der Waals surface area contributed by atoms with Gasteiger partial charge in [0.05, 0.1) is 11.5 Å². The molecule has 5 heteroatoms. The van der Waals surface area contributed by atoms with Crippen LogP contribution in [0.3, 0.4) is 0 Å². The molecule has 1 unspecified atom stereocenters. The summed E-state index contributed by atoms with van der Waals surface area (Å²) >= 11 is 0. The largest absolute Gasteiger partial charge is 0.349 e. The molecule has 0 aromatic heterocycles. The molecule has 3 nitrogen and oxygen atoms in total. The van der Waals surface area contributed by atoms with E-state index in [-0.39, 0.29) is 30.2 Å². The predicted octanol–water partition coefficient (Wildman–Crippen LogP) is 3.67. The van der Waals surface area contributed by atoms with Crippen molar-refractivity contribution in [1.82, 2.24) is 10.6 Å². The van der Waals surface area contributed by atoms with Crippen LogP contribution in [0.1, 0.15) is 42.0 Å². The molecular formula is C21H24ClFN2O. The zero-order chi connectivity index (χ0) is 17.3. The van der Waals surface area contributed by atoms with Crippen LogP contribution in [0.4, 0.5) is 4.39 Å². The van der Waals surface area contributed by atoms with Crippen LogP contribution in [0.15, 0.2) is 48.5 Å². The van der Waals surface area contributed by atoms with Crippen molar-refractivity contribution >= 4 is 18.3 Å². The Kier molecular flexibility index (Phi) is 5.64. The number of halogens is 2. The SMILES string of the molecule is Cl.O=C(NC1CCc2c(F)cccc21)C1(c2ccccc2)CCNCC1. The van der Waals surface area contributed by atoms with E-state index in [1.807, 2.05) is 36.4 Å². The molecule has 1 aliphatic carbocycles. The Morgan fingerprint density at radius 3 is 2.54 bits per heavy atom. The molecule has 26 heavy (non-hydrogen) atoms. The van der Waals surface area contributed by atoms with Crippen molar-refractivity contribution < 1.29 is 9.18 Å². The first-order valence-electron chi connectivity index (χ1n) is 9.05. The van der Waals surface area contributed by atoms with Crippen LogP contribution in [-0.2, 0) is 16.6 Å². The van der Waals surface area contributed by atoms with Gasteiger partial charge in [-0.25, -0.2) is 4.39 Å². The lowest BCUT2D eigenvalue weighted by Gasteiger charge is -2.37. The number of piperidine rings is 1. The highest BCUT2D eigenvalue weighted by Crippen LogP contribution is 2.37. The molecule has 4 rings (SSSR count). The van der Waals surface area contributed by atoms with Gasteiger partial charge in [-0.05, 0) is 61.5 Å². The standard InChI is InChI=1S/C21H23FN2O.ClH/c22-18-8-4-7-17-16(18)9-10-19(17)24-20(25)21(11-13-23-14-12-21)15-5-2-1-3-6-15;/h1-8,19,23H,9-14H2,(H,24,25);1H. The van der Waals surface area contributed by atoms with Gasteiger partial charge < -0.3 is 10.6 Å². The normalized spacial score (nSPS) is 20.7. The third kappa shape index (κ3) is 3.24. The Labute approximate surface area is 159 Å². The number of benzene rings is 2. The highest BCUT2D eigenvalue weighted by molar-refractivity contribution is 5.89. The molecule has 1 fully saturated rings. The third-order valence-electron chi connectivity index (χ3n) is 5.74. The van der Waals surface area contributed by atoms with Crippen molar-refractivity contribution in [3.63, 3.8) is 0 Å². The van der Waals surface area contributed by atoms with E-state index >= 15 is 0 Å². The van der Waals surface area contributed by atoms with Gasteiger partial charge in [0.25, 0.3) is 0 Å². The quantitative estimate of drug-likeness (QED) is 0.860. The second-order valence-electron chi connectivity index (χ2n) is 7.07. The Balaban J connectivity index is 0.00000196. The van der Waals surface area contributed by atoms with Crippen LogP contribution in [0.25, 0.3) is 0 Å². The number of rotatable bonds is 3. The average Bonchev–Trinajstić information content (AvgIpc) is 3.07. The minimum Gasteiger partial charge on any atom is -0.349 e. The predicted molar refractivity (Wildman–Crippen MR) is 103 cm³/mol. The molecule has 2 N–H and O–H groups in total. The summed E-state index contributed by atoms with van der Waals surface area (Å²) in [6.07, 6.45) is 3.02. The van der Waals surface area contributed by atoms with Crippen LogP contribution in [0, 0.1) is 5.82 Å². The lowest BCUT2D eigenvalue weighted by molar-refractivity contribution is -0.128. The number of hydrogen-bond donors (Lipinski definition) is 2. The Morgan fingerprint density at radius 1 is 1.08 bits per heavy atom. The fourth-order valence-corrected chi connectivity index (χ4v) is 4.31. The molecule has 138 valence electrons. The van der Waals surface area contributed by atoms with Gasteiger partial charge in [0.1, 0.15) is 5.82 Å². The zero-order valence-corrected chi connectivity index (χ0v) is 15.4. The molecule has 0 saturated carbocycles. The Bertz CT molecular complexity index is 775. The van der Waals surface area contributed by atoms with E-state index in [1.54, 1.807) is 6.07 Å². The highest BCUT2D eigenvalue weighted by Gasteiger charge is 2.42. The maximum Gasteiger partial charge on any atom is 0.231 e. The van der Waals surface area contributed by atoms with Crippen molar-refractivity contribution in [3.05, 3.63) is 71.0 Å². The summed E-state index contributed by atoms with van der Waals surface area (Å²) in [4.78, 5) is 13.3. The second kappa shape index (κ2) is 7.77. The first-order valence-corrected chi connectivity index (χ1v) is 9.05. The van der Waals surface area contributed by atoms with E-state index in [4.69, 9.17) is 0 Å². The van der Waals surface area contributed by atoms with Crippen LogP contribution >= 0.6 is 12.4 Å². The van der Waals surface area contributed by atoms with Gasteiger partial charge in [-0.15, -0.1) is 12.4 Å².